The number of ether oxygens (including phenoxy) is 2. The predicted molar refractivity (Wildman–Crippen MR) is 106 cm³/mol. The zero-order chi connectivity index (χ0) is 20.1. The molecule has 152 valence electrons. The quantitative estimate of drug-likeness (QED) is 0.835. The highest BCUT2D eigenvalue weighted by atomic mass is 16.7. The van der Waals surface area contributed by atoms with E-state index in [4.69, 9.17) is 9.47 Å². The van der Waals surface area contributed by atoms with E-state index in [2.05, 4.69) is 10.3 Å². The highest BCUT2D eigenvalue weighted by Gasteiger charge is 2.41. The molecule has 2 saturated heterocycles. The Labute approximate surface area is 170 Å². The van der Waals surface area contributed by atoms with Crippen LogP contribution in [0.1, 0.15) is 28.8 Å². The molecule has 1 N–H and O–H groups in total. The molecule has 2 aliphatic heterocycles. The Hall–Kier alpha value is -2.77. The van der Waals surface area contributed by atoms with Crippen LogP contribution in [0, 0.1) is 0 Å². The van der Waals surface area contributed by atoms with Gasteiger partial charge in [-0.25, -0.2) is 0 Å². The second-order valence-corrected chi connectivity index (χ2v) is 7.39. The first-order valence-electron chi connectivity index (χ1n) is 9.97. The number of piperidine rings is 1. The zero-order valence-electron chi connectivity index (χ0n) is 16.3. The summed E-state index contributed by atoms with van der Waals surface area (Å²) in [7, 11) is 0. The molecule has 7 nitrogen and oxygen atoms in total. The molecule has 2 amide bonds. The Morgan fingerprint density at radius 2 is 1.79 bits per heavy atom. The number of hydrogen-bond acceptors (Lipinski definition) is 5. The van der Waals surface area contributed by atoms with Crippen LogP contribution >= 0.6 is 0 Å². The highest BCUT2D eigenvalue weighted by Crippen LogP contribution is 2.31. The summed E-state index contributed by atoms with van der Waals surface area (Å²) in [5.74, 6) is -0.924. The summed E-state index contributed by atoms with van der Waals surface area (Å²) < 4.78 is 11.5. The molecule has 1 atom stereocenters. The van der Waals surface area contributed by atoms with Gasteiger partial charge in [0.25, 0.3) is 5.91 Å². The molecule has 29 heavy (non-hydrogen) atoms. The first kappa shape index (κ1) is 19.5. The molecule has 2 aromatic rings. The van der Waals surface area contributed by atoms with E-state index in [0.717, 1.165) is 5.56 Å². The van der Waals surface area contributed by atoms with Crippen molar-refractivity contribution in [1.29, 1.82) is 0 Å². The van der Waals surface area contributed by atoms with Gasteiger partial charge in [0, 0.05) is 44.7 Å². The minimum Gasteiger partial charge on any atom is -0.347 e. The number of carbonyl (C=O) groups is 2. The van der Waals surface area contributed by atoms with Crippen molar-refractivity contribution in [3.05, 3.63) is 66.0 Å². The number of aromatic nitrogens is 1. The van der Waals surface area contributed by atoms with Gasteiger partial charge in [-0.2, -0.15) is 0 Å². The van der Waals surface area contributed by atoms with Crippen molar-refractivity contribution in [2.24, 2.45) is 0 Å². The first-order chi connectivity index (χ1) is 14.2. The maximum absolute atomic E-state index is 13.3. The van der Waals surface area contributed by atoms with Crippen molar-refractivity contribution >= 4 is 11.8 Å². The Balaban J connectivity index is 1.47. The fourth-order valence-electron chi connectivity index (χ4n) is 3.86. The fourth-order valence-corrected chi connectivity index (χ4v) is 3.86. The SMILES string of the molecule is O=C(N[C@@H](Cc1ccccc1)C(=O)N1CCC2(CC1)OCCO2)c1cccnc1. The van der Waals surface area contributed by atoms with Gasteiger partial charge in [0.05, 0.1) is 18.8 Å². The number of nitrogens with zero attached hydrogens (tertiary/aromatic N) is 2. The molecule has 1 aromatic carbocycles. The lowest BCUT2D eigenvalue weighted by atomic mass is 10.00. The molecule has 2 aliphatic rings. The smallest absolute Gasteiger partial charge is 0.253 e. The molecule has 7 heteroatoms. The fraction of sp³-hybridized carbons (Fsp3) is 0.409. The Morgan fingerprint density at radius 3 is 2.45 bits per heavy atom. The molecule has 0 aliphatic carbocycles. The summed E-state index contributed by atoms with van der Waals surface area (Å²) in [5.41, 5.74) is 1.43. The molecule has 3 heterocycles. The number of likely N-dealkylation sites (tertiary alicyclic amines) is 1. The minimum atomic E-state index is -0.649. The number of pyridine rings is 1. The van der Waals surface area contributed by atoms with E-state index in [1.165, 1.54) is 6.20 Å². The lowest BCUT2D eigenvalue weighted by Crippen LogP contribution is -2.54. The van der Waals surface area contributed by atoms with Crippen LogP contribution in [0.15, 0.2) is 54.9 Å². The lowest BCUT2D eigenvalue weighted by molar-refractivity contribution is -0.187. The molecule has 0 radical (unpaired) electrons. The van der Waals surface area contributed by atoms with Gasteiger partial charge in [0.2, 0.25) is 5.91 Å². The van der Waals surface area contributed by atoms with E-state index < -0.39 is 11.8 Å². The molecular formula is C22H25N3O4. The van der Waals surface area contributed by atoms with Gasteiger partial charge in [-0.3, -0.25) is 14.6 Å². The maximum Gasteiger partial charge on any atom is 0.253 e. The second-order valence-electron chi connectivity index (χ2n) is 7.39. The van der Waals surface area contributed by atoms with E-state index in [1.807, 2.05) is 30.3 Å². The van der Waals surface area contributed by atoms with E-state index in [0.29, 0.717) is 51.1 Å². The third-order valence-electron chi connectivity index (χ3n) is 5.46. The number of hydrogen-bond donors (Lipinski definition) is 1. The van der Waals surface area contributed by atoms with Crippen molar-refractivity contribution in [2.45, 2.75) is 31.1 Å². The molecule has 0 saturated carbocycles. The van der Waals surface area contributed by atoms with Crippen LogP contribution in [0.25, 0.3) is 0 Å². The number of nitrogens with one attached hydrogen (secondary N) is 1. The van der Waals surface area contributed by atoms with E-state index in [1.54, 1.807) is 23.2 Å². The van der Waals surface area contributed by atoms with Crippen molar-refractivity contribution in [1.82, 2.24) is 15.2 Å². The van der Waals surface area contributed by atoms with Crippen LogP contribution in [0.2, 0.25) is 0 Å². The molecule has 0 unspecified atom stereocenters. The summed E-state index contributed by atoms with van der Waals surface area (Å²) in [5, 5.41) is 2.91. The Morgan fingerprint density at radius 1 is 1.07 bits per heavy atom. The minimum absolute atomic E-state index is 0.0843. The first-order valence-corrected chi connectivity index (χ1v) is 9.97. The number of carbonyl (C=O) groups excluding carboxylic acids is 2. The lowest BCUT2D eigenvalue weighted by Gasteiger charge is -2.39. The standard InChI is InChI=1S/C22H25N3O4/c26-20(18-7-4-10-23-16-18)24-19(15-17-5-2-1-3-6-17)21(27)25-11-8-22(9-12-25)28-13-14-29-22/h1-7,10,16,19H,8-9,11-15H2,(H,24,26)/t19-/m0/s1. The molecule has 1 aromatic heterocycles. The van der Waals surface area contributed by atoms with Gasteiger partial charge in [-0.15, -0.1) is 0 Å². The summed E-state index contributed by atoms with van der Waals surface area (Å²) >= 11 is 0. The van der Waals surface area contributed by atoms with Crippen LogP contribution in [0.3, 0.4) is 0 Å². The third-order valence-corrected chi connectivity index (χ3v) is 5.46. The molecule has 4 rings (SSSR count). The topological polar surface area (TPSA) is 80.8 Å². The molecule has 1 spiro atoms. The summed E-state index contributed by atoms with van der Waals surface area (Å²) in [6.07, 6.45) is 4.83. The third kappa shape index (κ3) is 4.63. The maximum atomic E-state index is 13.3. The average Bonchev–Trinajstić information content (AvgIpc) is 3.22. The predicted octanol–water partition coefficient (Wildman–Crippen LogP) is 1.79. The van der Waals surface area contributed by atoms with Gasteiger partial charge < -0.3 is 19.7 Å². The number of benzene rings is 1. The van der Waals surface area contributed by atoms with Crippen LogP contribution in [0.5, 0.6) is 0 Å². The Kier molecular flexibility index (Phi) is 5.87. The largest absolute Gasteiger partial charge is 0.347 e. The Bertz CT molecular complexity index is 828. The summed E-state index contributed by atoms with van der Waals surface area (Å²) in [4.78, 5) is 31.7. The highest BCUT2D eigenvalue weighted by molar-refractivity contribution is 5.97. The number of rotatable bonds is 5. The van der Waals surface area contributed by atoms with Crippen LogP contribution in [0.4, 0.5) is 0 Å². The average molecular weight is 395 g/mol. The van der Waals surface area contributed by atoms with Crippen molar-refractivity contribution in [2.75, 3.05) is 26.3 Å². The van der Waals surface area contributed by atoms with Crippen LogP contribution in [-0.2, 0) is 20.7 Å². The van der Waals surface area contributed by atoms with Gasteiger partial charge in [0.1, 0.15) is 6.04 Å². The van der Waals surface area contributed by atoms with Crippen molar-refractivity contribution < 1.29 is 19.1 Å². The van der Waals surface area contributed by atoms with Gasteiger partial charge in [-0.1, -0.05) is 30.3 Å². The van der Waals surface area contributed by atoms with Gasteiger partial charge >= 0.3 is 0 Å². The van der Waals surface area contributed by atoms with Crippen molar-refractivity contribution in [3.63, 3.8) is 0 Å². The molecule has 2 fully saturated rings. The number of amides is 2. The van der Waals surface area contributed by atoms with Crippen LogP contribution < -0.4 is 5.32 Å². The van der Waals surface area contributed by atoms with Crippen molar-refractivity contribution in [3.8, 4) is 0 Å². The summed E-state index contributed by atoms with van der Waals surface area (Å²) in [6.45, 7) is 2.30. The second kappa shape index (κ2) is 8.71. The van der Waals surface area contributed by atoms with E-state index in [9.17, 15) is 9.59 Å². The monoisotopic (exact) mass is 395 g/mol. The van der Waals surface area contributed by atoms with E-state index >= 15 is 0 Å². The molecule has 0 bridgehead atoms. The normalized spacial score (nSPS) is 19.1. The van der Waals surface area contributed by atoms with E-state index in [-0.39, 0.29) is 11.8 Å². The van der Waals surface area contributed by atoms with Crippen LogP contribution in [-0.4, -0.2) is 59.8 Å². The molecular weight excluding hydrogens is 370 g/mol. The zero-order valence-corrected chi connectivity index (χ0v) is 16.3. The van der Waals surface area contributed by atoms with Gasteiger partial charge in [0.15, 0.2) is 5.79 Å². The summed E-state index contributed by atoms with van der Waals surface area (Å²) in [6, 6.07) is 12.5. The van der Waals surface area contributed by atoms with Gasteiger partial charge in [-0.05, 0) is 17.7 Å².